The predicted molar refractivity (Wildman–Crippen MR) is 72.9 cm³/mol. The molecule has 1 aromatic carbocycles. The number of thiophene rings is 1. The summed E-state index contributed by atoms with van der Waals surface area (Å²) in [6.45, 7) is 0. The fourth-order valence-corrected chi connectivity index (χ4v) is 2.99. The molecule has 2 nitrogen and oxygen atoms in total. The van der Waals surface area contributed by atoms with E-state index in [-0.39, 0.29) is 5.69 Å². The van der Waals surface area contributed by atoms with Crippen molar-refractivity contribution in [2.45, 2.75) is 6.18 Å². The van der Waals surface area contributed by atoms with Gasteiger partial charge in [-0.05, 0) is 22.9 Å². The van der Waals surface area contributed by atoms with Gasteiger partial charge < -0.3 is 4.98 Å². The Morgan fingerprint density at radius 2 is 1.90 bits per heavy atom. The molecule has 0 amide bonds. The number of halogens is 3. The Hall–Kier alpha value is -2.08. The summed E-state index contributed by atoms with van der Waals surface area (Å²) in [6.07, 6.45) is -4.54. The van der Waals surface area contributed by atoms with Gasteiger partial charge >= 0.3 is 6.18 Å². The van der Waals surface area contributed by atoms with E-state index in [2.05, 4.69) is 4.98 Å². The van der Waals surface area contributed by atoms with Crippen LogP contribution in [0.2, 0.25) is 0 Å². The third kappa shape index (κ3) is 2.22. The summed E-state index contributed by atoms with van der Waals surface area (Å²) in [5.74, 6) is 0. The molecule has 0 aliphatic carbocycles. The maximum atomic E-state index is 12.8. The van der Waals surface area contributed by atoms with Crippen LogP contribution in [0.3, 0.4) is 0 Å². The summed E-state index contributed by atoms with van der Waals surface area (Å²) >= 11 is 1.42. The second kappa shape index (κ2) is 4.49. The number of aromatic amines is 1. The summed E-state index contributed by atoms with van der Waals surface area (Å²) in [5.41, 5.74) is -0.924. The molecule has 0 spiro atoms. The van der Waals surface area contributed by atoms with Crippen molar-refractivity contribution in [1.29, 1.82) is 0 Å². The maximum Gasteiger partial charge on any atom is 0.416 e. The number of hydrogen-bond donors (Lipinski definition) is 1. The molecular weight excluding hydrogens is 287 g/mol. The van der Waals surface area contributed by atoms with Gasteiger partial charge in [-0.25, -0.2) is 0 Å². The van der Waals surface area contributed by atoms with Crippen molar-refractivity contribution in [3.8, 4) is 11.3 Å². The number of H-pyrrole nitrogens is 1. The molecule has 1 N–H and O–H groups in total. The highest BCUT2D eigenvalue weighted by molar-refractivity contribution is 7.17. The molecule has 0 unspecified atom stereocenters. The van der Waals surface area contributed by atoms with Crippen LogP contribution in [-0.4, -0.2) is 4.98 Å². The van der Waals surface area contributed by atoms with Gasteiger partial charge in [0.05, 0.1) is 11.3 Å². The smallest absolute Gasteiger partial charge is 0.322 e. The number of alkyl halides is 3. The van der Waals surface area contributed by atoms with E-state index < -0.39 is 17.3 Å². The van der Waals surface area contributed by atoms with Crippen molar-refractivity contribution in [3.05, 3.63) is 57.7 Å². The van der Waals surface area contributed by atoms with Crippen LogP contribution in [0.25, 0.3) is 21.3 Å². The van der Waals surface area contributed by atoms with Crippen LogP contribution in [0.5, 0.6) is 0 Å². The Kier molecular flexibility index (Phi) is 2.90. The van der Waals surface area contributed by atoms with Gasteiger partial charge in [-0.2, -0.15) is 13.2 Å². The highest BCUT2D eigenvalue weighted by Crippen LogP contribution is 2.34. The molecule has 6 heteroatoms. The zero-order chi connectivity index (χ0) is 14.3. The molecule has 2 aromatic heterocycles. The lowest BCUT2D eigenvalue weighted by molar-refractivity contribution is -0.137. The Balaban J connectivity index is 2.27. The minimum Gasteiger partial charge on any atom is -0.322 e. The van der Waals surface area contributed by atoms with E-state index in [0.29, 0.717) is 11.6 Å². The van der Waals surface area contributed by atoms with Gasteiger partial charge in [0.1, 0.15) is 0 Å². The molecule has 0 radical (unpaired) electrons. The van der Waals surface area contributed by atoms with Gasteiger partial charge in [-0.3, -0.25) is 4.79 Å². The SMILES string of the molecule is O=c1cc(C(F)(F)F)cc(-c2cccc3ccsc23)[nH]1. The van der Waals surface area contributed by atoms with Gasteiger partial charge in [0.25, 0.3) is 0 Å². The average molecular weight is 295 g/mol. The van der Waals surface area contributed by atoms with Crippen LogP contribution in [-0.2, 0) is 6.18 Å². The van der Waals surface area contributed by atoms with Crippen LogP contribution in [0.4, 0.5) is 13.2 Å². The zero-order valence-electron chi connectivity index (χ0n) is 9.99. The van der Waals surface area contributed by atoms with Gasteiger partial charge in [-0.1, -0.05) is 18.2 Å². The third-order valence-electron chi connectivity index (χ3n) is 2.94. The number of nitrogens with one attached hydrogen (secondary N) is 1. The largest absolute Gasteiger partial charge is 0.416 e. The fraction of sp³-hybridized carbons (Fsp3) is 0.0714. The first-order valence-electron chi connectivity index (χ1n) is 5.73. The molecule has 2 heterocycles. The molecular formula is C14H8F3NOS. The predicted octanol–water partition coefficient (Wildman–Crippen LogP) is 4.28. The van der Waals surface area contributed by atoms with Crippen molar-refractivity contribution in [2.75, 3.05) is 0 Å². The van der Waals surface area contributed by atoms with Crippen LogP contribution in [0.15, 0.2) is 46.6 Å². The molecule has 0 atom stereocenters. The lowest BCUT2D eigenvalue weighted by atomic mass is 10.1. The molecule has 0 fully saturated rings. The minimum absolute atomic E-state index is 0.179. The normalized spacial score (nSPS) is 11.9. The van der Waals surface area contributed by atoms with Crippen molar-refractivity contribution < 1.29 is 13.2 Å². The van der Waals surface area contributed by atoms with Gasteiger partial charge in [-0.15, -0.1) is 11.3 Å². The first kappa shape index (κ1) is 12.9. The minimum atomic E-state index is -4.54. The molecule has 0 saturated carbocycles. The monoisotopic (exact) mass is 295 g/mol. The number of hydrogen-bond acceptors (Lipinski definition) is 2. The topological polar surface area (TPSA) is 32.9 Å². The summed E-state index contributed by atoms with van der Waals surface area (Å²) in [5, 5.41) is 2.80. The molecule has 3 aromatic rings. The van der Waals surface area contributed by atoms with Crippen LogP contribution >= 0.6 is 11.3 Å². The van der Waals surface area contributed by atoms with Crippen molar-refractivity contribution in [3.63, 3.8) is 0 Å². The number of aromatic nitrogens is 1. The van der Waals surface area contributed by atoms with E-state index in [1.807, 2.05) is 17.5 Å². The lowest BCUT2D eigenvalue weighted by Crippen LogP contribution is -2.13. The molecule has 0 saturated heterocycles. The van der Waals surface area contributed by atoms with E-state index in [1.165, 1.54) is 11.3 Å². The van der Waals surface area contributed by atoms with Crippen LogP contribution in [0.1, 0.15) is 5.56 Å². The standard InChI is InChI=1S/C14H8F3NOS/c15-14(16,17)9-6-11(18-12(19)7-9)10-3-1-2-8-4-5-20-13(8)10/h1-7H,(H,18,19). The molecule has 0 bridgehead atoms. The van der Waals surface area contributed by atoms with Crippen molar-refractivity contribution in [1.82, 2.24) is 4.98 Å². The number of benzene rings is 1. The first-order valence-corrected chi connectivity index (χ1v) is 6.61. The first-order chi connectivity index (χ1) is 9.45. The van der Waals surface area contributed by atoms with Crippen LogP contribution in [0, 0.1) is 0 Å². The molecule has 3 rings (SSSR count). The number of pyridine rings is 1. The summed E-state index contributed by atoms with van der Waals surface area (Å²) in [7, 11) is 0. The van der Waals surface area contributed by atoms with E-state index in [4.69, 9.17) is 0 Å². The lowest BCUT2D eigenvalue weighted by Gasteiger charge is -2.09. The molecule has 0 aliphatic heterocycles. The number of fused-ring (bicyclic) bond motifs is 1. The van der Waals surface area contributed by atoms with Crippen LogP contribution < -0.4 is 5.56 Å². The average Bonchev–Trinajstić information content (AvgIpc) is 2.84. The third-order valence-corrected chi connectivity index (χ3v) is 3.90. The van der Waals surface area contributed by atoms with Crippen molar-refractivity contribution >= 4 is 21.4 Å². The number of rotatable bonds is 1. The Bertz CT molecular complexity index is 832. The van der Waals surface area contributed by atoms with Gasteiger partial charge in [0.2, 0.25) is 5.56 Å². The van der Waals surface area contributed by atoms with E-state index in [1.54, 1.807) is 12.1 Å². The van der Waals surface area contributed by atoms with E-state index in [0.717, 1.165) is 16.2 Å². The molecule has 0 aliphatic rings. The van der Waals surface area contributed by atoms with Crippen molar-refractivity contribution in [2.24, 2.45) is 0 Å². The highest BCUT2D eigenvalue weighted by atomic mass is 32.1. The quantitative estimate of drug-likeness (QED) is 0.714. The second-order valence-electron chi connectivity index (χ2n) is 4.29. The fourth-order valence-electron chi connectivity index (χ4n) is 2.06. The summed E-state index contributed by atoms with van der Waals surface area (Å²) in [4.78, 5) is 13.9. The van der Waals surface area contributed by atoms with Gasteiger partial charge in [0.15, 0.2) is 0 Å². The second-order valence-corrected chi connectivity index (χ2v) is 5.21. The van der Waals surface area contributed by atoms with Gasteiger partial charge in [0, 0.05) is 16.3 Å². The zero-order valence-corrected chi connectivity index (χ0v) is 10.8. The Morgan fingerprint density at radius 3 is 2.65 bits per heavy atom. The maximum absolute atomic E-state index is 12.8. The molecule has 20 heavy (non-hydrogen) atoms. The Labute approximate surface area is 115 Å². The summed E-state index contributed by atoms with van der Waals surface area (Å²) in [6, 6.07) is 8.75. The molecule has 102 valence electrons. The van der Waals surface area contributed by atoms with E-state index >= 15 is 0 Å². The summed E-state index contributed by atoms with van der Waals surface area (Å²) < 4.78 is 39.2. The van der Waals surface area contributed by atoms with E-state index in [9.17, 15) is 18.0 Å². The highest BCUT2D eigenvalue weighted by Gasteiger charge is 2.31. The Morgan fingerprint density at radius 1 is 1.10 bits per heavy atom.